The summed E-state index contributed by atoms with van der Waals surface area (Å²) in [5.74, 6) is 0. The van der Waals surface area contributed by atoms with E-state index in [4.69, 9.17) is 28.9 Å². The molecule has 2 atom stereocenters. The molecule has 0 saturated carbocycles. The fourth-order valence-corrected chi connectivity index (χ4v) is 2.64. The van der Waals surface area contributed by atoms with Gasteiger partial charge in [-0.25, -0.2) is 0 Å². The zero-order valence-electron chi connectivity index (χ0n) is 11.2. The quantitative estimate of drug-likeness (QED) is 0.938. The minimum absolute atomic E-state index is 0.125. The van der Waals surface area contributed by atoms with E-state index in [1.54, 1.807) is 0 Å². The van der Waals surface area contributed by atoms with Crippen molar-refractivity contribution >= 4 is 23.2 Å². The van der Waals surface area contributed by atoms with Gasteiger partial charge in [0.1, 0.15) is 0 Å². The fraction of sp³-hybridized carbons (Fsp3) is 0.357. The Morgan fingerprint density at radius 2 is 1.84 bits per heavy atom. The van der Waals surface area contributed by atoms with Crippen LogP contribution < -0.4 is 5.73 Å². The van der Waals surface area contributed by atoms with E-state index in [1.807, 2.05) is 49.7 Å². The Labute approximate surface area is 123 Å². The molecule has 0 bridgehead atoms. The summed E-state index contributed by atoms with van der Waals surface area (Å²) >= 11 is 12.5. The monoisotopic (exact) mass is 297 g/mol. The zero-order valence-corrected chi connectivity index (χ0v) is 12.7. The minimum atomic E-state index is -0.131. The first-order chi connectivity index (χ1) is 8.93. The Morgan fingerprint density at radius 1 is 1.21 bits per heavy atom. The predicted molar refractivity (Wildman–Crippen MR) is 80.0 cm³/mol. The van der Waals surface area contributed by atoms with E-state index in [0.29, 0.717) is 10.0 Å². The zero-order chi connectivity index (χ0) is 14.2. The van der Waals surface area contributed by atoms with Gasteiger partial charge in [-0.2, -0.15) is 5.10 Å². The lowest BCUT2D eigenvalue weighted by molar-refractivity contribution is 0.444. The van der Waals surface area contributed by atoms with Gasteiger partial charge in [0.15, 0.2) is 0 Å². The molecule has 102 valence electrons. The maximum absolute atomic E-state index is 6.28. The van der Waals surface area contributed by atoms with Crippen molar-refractivity contribution < 1.29 is 0 Å². The normalized spacial score (nSPS) is 14.4. The van der Waals surface area contributed by atoms with Crippen LogP contribution in [0.1, 0.15) is 29.9 Å². The van der Waals surface area contributed by atoms with Gasteiger partial charge >= 0.3 is 0 Å². The van der Waals surface area contributed by atoms with Crippen molar-refractivity contribution in [1.29, 1.82) is 0 Å². The van der Waals surface area contributed by atoms with Gasteiger partial charge < -0.3 is 5.73 Å². The van der Waals surface area contributed by atoms with Crippen molar-refractivity contribution in [2.75, 3.05) is 0 Å². The van der Waals surface area contributed by atoms with Crippen LogP contribution in [0.4, 0.5) is 0 Å². The predicted octanol–water partition coefficient (Wildman–Crippen LogP) is 3.74. The van der Waals surface area contributed by atoms with E-state index >= 15 is 0 Å². The molecular weight excluding hydrogens is 281 g/mol. The largest absolute Gasteiger partial charge is 0.326 e. The maximum Gasteiger partial charge on any atom is 0.0934 e. The smallest absolute Gasteiger partial charge is 0.0934 e. The molecule has 2 N–H and O–H groups in total. The minimum Gasteiger partial charge on any atom is -0.326 e. The molecule has 0 spiro atoms. The molecule has 5 heteroatoms. The average Bonchev–Trinajstić information content (AvgIpc) is 2.60. The summed E-state index contributed by atoms with van der Waals surface area (Å²) in [7, 11) is 0. The number of aryl methyl sites for hydroxylation is 1. The molecule has 1 aromatic heterocycles. The first-order valence-corrected chi connectivity index (χ1v) is 6.90. The van der Waals surface area contributed by atoms with Crippen LogP contribution in [0.3, 0.4) is 0 Å². The fourth-order valence-electron chi connectivity index (χ4n) is 2.27. The van der Waals surface area contributed by atoms with Gasteiger partial charge in [-0.15, -0.1) is 0 Å². The van der Waals surface area contributed by atoms with E-state index in [2.05, 4.69) is 5.10 Å². The molecule has 1 aromatic carbocycles. The average molecular weight is 298 g/mol. The molecule has 0 radical (unpaired) electrons. The second kappa shape index (κ2) is 5.53. The summed E-state index contributed by atoms with van der Waals surface area (Å²) in [6, 6.07) is 7.43. The van der Waals surface area contributed by atoms with Crippen LogP contribution in [0.2, 0.25) is 10.0 Å². The molecule has 0 saturated heterocycles. The molecule has 0 aliphatic rings. The van der Waals surface area contributed by atoms with Crippen LogP contribution in [0.25, 0.3) is 0 Å². The van der Waals surface area contributed by atoms with Crippen molar-refractivity contribution in [3.63, 3.8) is 0 Å². The number of halogens is 2. The summed E-state index contributed by atoms with van der Waals surface area (Å²) in [5, 5.41) is 5.86. The number of rotatable bonds is 3. The summed E-state index contributed by atoms with van der Waals surface area (Å²) < 4.78 is 1.86. The number of hydrogen-bond donors (Lipinski definition) is 1. The van der Waals surface area contributed by atoms with E-state index < -0.39 is 0 Å². The highest BCUT2D eigenvalue weighted by Gasteiger charge is 2.24. The highest BCUT2D eigenvalue weighted by molar-refractivity contribution is 6.32. The van der Waals surface area contributed by atoms with Crippen LogP contribution in [-0.2, 0) is 0 Å². The highest BCUT2D eigenvalue weighted by atomic mass is 35.5. The van der Waals surface area contributed by atoms with E-state index in [-0.39, 0.29) is 12.1 Å². The summed E-state index contributed by atoms with van der Waals surface area (Å²) in [5.41, 5.74) is 8.80. The van der Waals surface area contributed by atoms with Crippen molar-refractivity contribution in [2.45, 2.75) is 32.9 Å². The number of nitrogens with two attached hydrogens (primary N) is 1. The summed E-state index contributed by atoms with van der Waals surface area (Å²) in [4.78, 5) is 0. The van der Waals surface area contributed by atoms with Crippen molar-refractivity contribution in [1.82, 2.24) is 9.78 Å². The van der Waals surface area contributed by atoms with E-state index in [9.17, 15) is 0 Å². The Morgan fingerprint density at radius 3 is 2.32 bits per heavy atom. The number of aromatic nitrogens is 2. The van der Waals surface area contributed by atoms with Crippen molar-refractivity contribution in [2.24, 2.45) is 5.73 Å². The Kier molecular flexibility index (Phi) is 4.19. The van der Waals surface area contributed by atoms with Gasteiger partial charge in [0.25, 0.3) is 0 Å². The number of benzene rings is 1. The molecule has 3 nitrogen and oxygen atoms in total. The third-order valence-corrected chi connectivity index (χ3v) is 4.11. The van der Waals surface area contributed by atoms with Crippen molar-refractivity contribution in [3.8, 4) is 0 Å². The number of hydrogen-bond acceptors (Lipinski definition) is 2. The van der Waals surface area contributed by atoms with Crippen LogP contribution in [0, 0.1) is 13.8 Å². The van der Waals surface area contributed by atoms with Gasteiger partial charge in [0, 0.05) is 11.1 Å². The molecule has 0 amide bonds. The Hall–Kier alpha value is -1.03. The van der Waals surface area contributed by atoms with Crippen LogP contribution >= 0.6 is 23.2 Å². The van der Waals surface area contributed by atoms with Crippen molar-refractivity contribution in [3.05, 3.63) is 51.3 Å². The topological polar surface area (TPSA) is 43.8 Å². The van der Waals surface area contributed by atoms with Gasteiger partial charge in [-0.3, -0.25) is 4.68 Å². The summed E-state index contributed by atoms with van der Waals surface area (Å²) in [6.07, 6.45) is 0. The molecule has 0 aliphatic heterocycles. The van der Waals surface area contributed by atoms with Crippen LogP contribution in [0.15, 0.2) is 24.3 Å². The van der Waals surface area contributed by atoms with Gasteiger partial charge in [-0.1, -0.05) is 41.4 Å². The molecule has 2 rings (SSSR count). The summed E-state index contributed by atoms with van der Waals surface area (Å²) in [6.45, 7) is 5.77. The second-order valence-corrected chi connectivity index (χ2v) is 5.54. The highest BCUT2D eigenvalue weighted by Crippen LogP contribution is 2.31. The molecule has 0 fully saturated rings. The van der Waals surface area contributed by atoms with Gasteiger partial charge in [0.05, 0.1) is 22.5 Å². The molecule has 19 heavy (non-hydrogen) atoms. The SMILES string of the molecule is Cc1nn(C(c2ccccc2Cl)C(C)N)c(C)c1Cl. The van der Waals surface area contributed by atoms with Gasteiger partial charge in [0.2, 0.25) is 0 Å². The van der Waals surface area contributed by atoms with E-state index in [1.165, 1.54) is 0 Å². The first-order valence-electron chi connectivity index (χ1n) is 6.14. The Bertz CT molecular complexity index is 590. The van der Waals surface area contributed by atoms with Gasteiger partial charge in [-0.05, 0) is 32.4 Å². The van der Waals surface area contributed by atoms with E-state index in [0.717, 1.165) is 17.0 Å². The standard InChI is InChI=1S/C14H17Cl2N3/c1-8(17)14(11-6-4-5-7-12(11)15)19-10(3)13(16)9(2)18-19/h4-8,14H,17H2,1-3H3. The third-order valence-electron chi connectivity index (χ3n) is 3.22. The first kappa shape index (κ1) is 14.4. The molecule has 2 aromatic rings. The molecular formula is C14H17Cl2N3. The lowest BCUT2D eigenvalue weighted by atomic mass is 10.0. The maximum atomic E-state index is 6.28. The molecule has 2 unspecified atom stereocenters. The lowest BCUT2D eigenvalue weighted by Gasteiger charge is -2.24. The lowest BCUT2D eigenvalue weighted by Crippen LogP contribution is -2.31. The van der Waals surface area contributed by atoms with Crippen LogP contribution in [-0.4, -0.2) is 15.8 Å². The molecule has 1 heterocycles. The number of nitrogens with zero attached hydrogens (tertiary/aromatic N) is 2. The third kappa shape index (κ3) is 2.64. The molecule has 0 aliphatic carbocycles. The second-order valence-electron chi connectivity index (χ2n) is 4.75. The van der Waals surface area contributed by atoms with Crippen LogP contribution in [0.5, 0.6) is 0 Å². The Balaban J connectivity index is 2.59.